The first kappa shape index (κ1) is 15.9. The Kier molecular flexibility index (Phi) is 5.18. The molecule has 1 aromatic heterocycles. The van der Waals surface area contributed by atoms with Gasteiger partial charge in [-0.05, 0) is 30.5 Å². The van der Waals surface area contributed by atoms with Crippen LogP contribution in [0.2, 0.25) is 0 Å². The molecular formula is C18H22N2O3. The Balaban J connectivity index is 1.71. The third kappa shape index (κ3) is 3.85. The molecule has 122 valence electrons. The van der Waals surface area contributed by atoms with Gasteiger partial charge in [-0.15, -0.1) is 0 Å². The van der Waals surface area contributed by atoms with Crippen LogP contribution in [0.25, 0.3) is 6.08 Å². The summed E-state index contributed by atoms with van der Waals surface area (Å²) in [5.74, 6) is 0.154. The summed E-state index contributed by atoms with van der Waals surface area (Å²) in [6, 6.07) is 3.61. The molecule has 5 nitrogen and oxygen atoms in total. The smallest absolute Gasteiger partial charge is 0.247 e. The average molecular weight is 314 g/mol. The van der Waals surface area contributed by atoms with Crippen LogP contribution in [0.1, 0.15) is 31.2 Å². The molecule has 2 atom stereocenters. The van der Waals surface area contributed by atoms with Gasteiger partial charge in [-0.25, -0.2) is 0 Å². The van der Waals surface area contributed by atoms with Gasteiger partial charge in [0.15, 0.2) is 0 Å². The van der Waals surface area contributed by atoms with Crippen molar-refractivity contribution in [3.05, 3.63) is 36.2 Å². The Morgan fingerprint density at radius 2 is 2.30 bits per heavy atom. The van der Waals surface area contributed by atoms with E-state index in [9.17, 15) is 9.59 Å². The molecule has 0 radical (unpaired) electrons. The van der Waals surface area contributed by atoms with E-state index in [-0.39, 0.29) is 23.7 Å². The maximum absolute atomic E-state index is 12.6. The van der Waals surface area contributed by atoms with Crippen LogP contribution < -0.4 is 0 Å². The van der Waals surface area contributed by atoms with Crippen molar-refractivity contribution in [2.75, 3.05) is 19.8 Å². The van der Waals surface area contributed by atoms with Gasteiger partial charge in [-0.1, -0.05) is 12.5 Å². The summed E-state index contributed by atoms with van der Waals surface area (Å²) in [4.78, 5) is 30.6. The molecule has 0 bridgehead atoms. The minimum Gasteiger partial charge on any atom is -0.377 e. The molecule has 1 aliphatic carbocycles. The topological polar surface area (TPSA) is 59.5 Å². The van der Waals surface area contributed by atoms with Crippen LogP contribution >= 0.6 is 0 Å². The van der Waals surface area contributed by atoms with E-state index in [4.69, 9.17) is 4.74 Å². The minimum atomic E-state index is -0.123. The summed E-state index contributed by atoms with van der Waals surface area (Å²) in [6.45, 7) is 1.54. The fraction of sp³-hybridized carbons (Fsp3) is 0.500. The molecule has 1 aliphatic heterocycles. The zero-order chi connectivity index (χ0) is 16.1. The second-order valence-corrected chi connectivity index (χ2v) is 6.11. The van der Waals surface area contributed by atoms with Crippen LogP contribution in [0.3, 0.4) is 0 Å². The lowest BCUT2D eigenvalue weighted by atomic mass is 9.82. The van der Waals surface area contributed by atoms with Crippen LogP contribution in [0.4, 0.5) is 0 Å². The quantitative estimate of drug-likeness (QED) is 0.802. The standard InChI is InChI=1S/C18H22N2O3/c21-17-6-2-1-5-15(17)16-13-23-11-10-20(16)18(22)8-7-14-4-3-9-19-12-14/h3-4,7-9,12,15-16H,1-2,5-6,10-11,13H2. The second kappa shape index (κ2) is 7.51. The number of hydrogen-bond acceptors (Lipinski definition) is 4. The van der Waals surface area contributed by atoms with Gasteiger partial charge in [0, 0.05) is 37.4 Å². The highest BCUT2D eigenvalue weighted by Gasteiger charge is 2.37. The van der Waals surface area contributed by atoms with E-state index in [1.165, 1.54) is 0 Å². The van der Waals surface area contributed by atoms with E-state index in [1.807, 2.05) is 17.0 Å². The van der Waals surface area contributed by atoms with Gasteiger partial charge in [0.1, 0.15) is 5.78 Å². The number of hydrogen-bond donors (Lipinski definition) is 0. The maximum atomic E-state index is 12.6. The molecule has 0 N–H and O–H groups in total. The summed E-state index contributed by atoms with van der Waals surface area (Å²) < 4.78 is 5.55. The van der Waals surface area contributed by atoms with Crippen LogP contribution in [-0.4, -0.2) is 47.4 Å². The number of Topliss-reactive ketones (excluding diaryl/α,β-unsaturated/α-hetero) is 1. The van der Waals surface area contributed by atoms with Crippen molar-refractivity contribution >= 4 is 17.8 Å². The molecule has 5 heteroatoms. The Hall–Kier alpha value is -2.01. The Morgan fingerprint density at radius 3 is 3.09 bits per heavy atom. The number of nitrogens with zero attached hydrogens (tertiary/aromatic N) is 2. The van der Waals surface area contributed by atoms with Crippen molar-refractivity contribution < 1.29 is 14.3 Å². The lowest BCUT2D eigenvalue weighted by molar-refractivity contribution is -0.142. The third-order valence-electron chi connectivity index (χ3n) is 4.62. The highest BCUT2D eigenvalue weighted by atomic mass is 16.5. The van der Waals surface area contributed by atoms with Gasteiger partial charge in [-0.2, -0.15) is 0 Å². The molecule has 2 unspecified atom stereocenters. The minimum absolute atomic E-state index is 0.0551. The zero-order valence-corrected chi connectivity index (χ0v) is 13.2. The number of aromatic nitrogens is 1. The first-order valence-electron chi connectivity index (χ1n) is 8.25. The molecule has 1 amide bonds. The molecule has 2 fully saturated rings. The Morgan fingerprint density at radius 1 is 1.39 bits per heavy atom. The number of carbonyl (C=O) groups is 2. The molecule has 2 heterocycles. The normalized spacial score (nSPS) is 25.7. The van der Waals surface area contributed by atoms with E-state index in [1.54, 1.807) is 24.5 Å². The van der Waals surface area contributed by atoms with Gasteiger partial charge < -0.3 is 9.64 Å². The number of pyridine rings is 1. The fourth-order valence-corrected chi connectivity index (χ4v) is 3.38. The fourth-order valence-electron chi connectivity index (χ4n) is 3.38. The zero-order valence-electron chi connectivity index (χ0n) is 13.2. The van der Waals surface area contributed by atoms with Gasteiger partial charge >= 0.3 is 0 Å². The largest absolute Gasteiger partial charge is 0.377 e. The molecule has 1 saturated carbocycles. The summed E-state index contributed by atoms with van der Waals surface area (Å²) in [5.41, 5.74) is 0.888. The predicted octanol–water partition coefficient (Wildman–Crippen LogP) is 2.08. The van der Waals surface area contributed by atoms with Gasteiger partial charge in [0.2, 0.25) is 5.91 Å². The van der Waals surface area contributed by atoms with Gasteiger partial charge in [-0.3, -0.25) is 14.6 Å². The number of carbonyl (C=O) groups excluding carboxylic acids is 2. The maximum Gasteiger partial charge on any atom is 0.247 e. The van der Waals surface area contributed by atoms with Crippen LogP contribution in [0.15, 0.2) is 30.6 Å². The highest BCUT2D eigenvalue weighted by Crippen LogP contribution is 2.28. The molecule has 1 saturated heterocycles. The van der Waals surface area contributed by atoms with E-state index >= 15 is 0 Å². The van der Waals surface area contributed by atoms with Crippen molar-refractivity contribution in [1.29, 1.82) is 0 Å². The van der Waals surface area contributed by atoms with Crippen LogP contribution in [0, 0.1) is 5.92 Å². The van der Waals surface area contributed by atoms with Gasteiger partial charge in [0.25, 0.3) is 0 Å². The number of ketones is 1. The van der Waals surface area contributed by atoms with E-state index in [0.717, 1.165) is 24.8 Å². The Labute approximate surface area is 136 Å². The van der Waals surface area contributed by atoms with Crippen LogP contribution in [-0.2, 0) is 14.3 Å². The van der Waals surface area contributed by atoms with Crippen molar-refractivity contribution in [1.82, 2.24) is 9.88 Å². The lowest BCUT2D eigenvalue weighted by Gasteiger charge is -2.40. The first-order chi connectivity index (χ1) is 11.3. The molecule has 1 aromatic rings. The summed E-state index contributed by atoms with van der Waals surface area (Å²) >= 11 is 0. The van der Waals surface area contributed by atoms with E-state index < -0.39 is 0 Å². The molecule has 3 rings (SSSR count). The SMILES string of the molecule is O=C1CCCCC1C1COCCN1C(=O)C=Cc1cccnc1. The third-order valence-corrected chi connectivity index (χ3v) is 4.62. The monoisotopic (exact) mass is 314 g/mol. The van der Waals surface area contributed by atoms with Crippen molar-refractivity contribution in [3.63, 3.8) is 0 Å². The van der Waals surface area contributed by atoms with Crippen LogP contribution in [0.5, 0.6) is 0 Å². The van der Waals surface area contributed by atoms with E-state index in [2.05, 4.69) is 4.98 Å². The van der Waals surface area contributed by atoms with Crippen molar-refractivity contribution in [3.8, 4) is 0 Å². The molecule has 0 aromatic carbocycles. The molecule has 0 spiro atoms. The summed E-state index contributed by atoms with van der Waals surface area (Å²) in [5, 5.41) is 0. The summed E-state index contributed by atoms with van der Waals surface area (Å²) in [7, 11) is 0. The lowest BCUT2D eigenvalue weighted by Crippen LogP contribution is -2.53. The molecular weight excluding hydrogens is 292 g/mol. The predicted molar refractivity (Wildman–Crippen MR) is 86.6 cm³/mol. The average Bonchev–Trinajstić information content (AvgIpc) is 2.61. The van der Waals surface area contributed by atoms with Crippen molar-refractivity contribution in [2.24, 2.45) is 5.92 Å². The highest BCUT2D eigenvalue weighted by molar-refractivity contribution is 5.92. The molecule has 2 aliphatic rings. The van der Waals surface area contributed by atoms with Crippen molar-refractivity contribution in [2.45, 2.75) is 31.7 Å². The molecule has 23 heavy (non-hydrogen) atoms. The number of morpholine rings is 1. The Bertz CT molecular complexity index is 585. The number of rotatable bonds is 3. The summed E-state index contributed by atoms with van der Waals surface area (Å²) in [6.07, 6.45) is 10.3. The number of amides is 1. The van der Waals surface area contributed by atoms with E-state index in [0.29, 0.717) is 26.2 Å². The second-order valence-electron chi connectivity index (χ2n) is 6.11. The van der Waals surface area contributed by atoms with Gasteiger partial charge in [0.05, 0.1) is 19.3 Å². The first-order valence-corrected chi connectivity index (χ1v) is 8.25. The number of ether oxygens (including phenoxy) is 1.